The average molecular weight is 375 g/mol. The molecule has 8 heteroatoms. The summed E-state index contributed by atoms with van der Waals surface area (Å²) in [5.74, 6) is -0.457. The number of carbonyl (C=O) groups excluding carboxylic acids is 1. The van der Waals surface area contributed by atoms with Gasteiger partial charge in [0.2, 0.25) is 0 Å². The van der Waals surface area contributed by atoms with Crippen molar-refractivity contribution >= 4 is 35.2 Å². The summed E-state index contributed by atoms with van der Waals surface area (Å²) in [6.45, 7) is 0.647. The molecule has 0 aromatic heterocycles. The molecule has 1 aliphatic carbocycles. The van der Waals surface area contributed by atoms with Crippen LogP contribution in [-0.2, 0) is 4.79 Å². The maximum atomic E-state index is 11.8. The summed E-state index contributed by atoms with van der Waals surface area (Å²) in [6, 6.07) is 4.72. The number of halogens is 2. The van der Waals surface area contributed by atoms with E-state index in [4.69, 9.17) is 33.0 Å². The van der Waals surface area contributed by atoms with Gasteiger partial charge in [-0.1, -0.05) is 23.2 Å². The van der Waals surface area contributed by atoms with Gasteiger partial charge in [0.15, 0.2) is 0 Å². The van der Waals surface area contributed by atoms with Gasteiger partial charge in [-0.25, -0.2) is 4.79 Å². The molecule has 3 N–H and O–H groups in total. The van der Waals surface area contributed by atoms with E-state index in [1.807, 2.05) is 0 Å². The smallest absolute Gasteiger partial charge is 0.315 e. The minimum atomic E-state index is -0.752. The highest BCUT2D eigenvalue weighted by atomic mass is 35.5. The van der Waals surface area contributed by atoms with Gasteiger partial charge in [-0.2, -0.15) is 0 Å². The minimum Gasteiger partial charge on any atom is -0.492 e. The van der Waals surface area contributed by atoms with Crippen LogP contribution in [0.25, 0.3) is 0 Å². The monoisotopic (exact) mass is 374 g/mol. The summed E-state index contributed by atoms with van der Waals surface area (Å²) in [4.78, 5) is 22.7. The molecule has 0 radical (unpaired) electrons. The third-order valence-corrected chi connectivity index (χ3v) is 4.70. The maximum absolute atomic E-state index is 11.8. The Kier molecular flexibility index (Phi) is 6.99. The Hall–Kier alpha value is -1.66. The summed E-state index contributed by atoms with van der Waals surface area (Å²) in [7, 11) is 0. The predicted molar refractivity (Wildman–Crippen MR) is 91.9 cm³/mol. The number of aliphatic carboxylic acids is 1. The number of urea groups is 1. The Morgan fingerprint density at radius 2 is 1.88 bits per heavy atom. The standard InChI is InChI=1S/C16H20Cl2N2O4/c17-13-6-5-12(9-14(13)18)24-8-7-19-16(23)20-11-3-1-10(2-4-11)15(21)22/h5-6,9-11H,1-4,7-8H2,(H,21,22)(H2,19,20,23). The molecule has 1 aliphatic rings. The summed E-state index contributed by atoms with van der Waals surface area (Å²) >= 11 is 11.7. The van der Waals surface area contributed by atoms with Gasteiger partial charge in [0.1, 0.15) is 12.4 Å². The molecule has 132 valence electrons. The van der Waals surface area contributed by atoms with Crippen LogP contribution in [0.2, 0.25) is 10.0 Å². The first kappa shape index (κ1) is 18.7. The van der Waals surface area contributed by atoms with Gasteiger partial charge in [-0.05, 0) is 37.8 Å². The summed E-state index contributed by atoms with van der Waals surface area (Å²) in [6.07, 6.45) is 2.57. The number of nitrogens with one attached hydrogen (secondary N) is 2. The first-order valence-corrected chi connectivity index (χ1v) is 8.56. The molecule has 24 heavy (non-hydrogen) atoms. The van der Waals surface area contributed by atoms with Gasteiger partial charge >= 0.3 is 12.0 Å². The lowest BCUT2D eigenvalue weighted by molar-refractivity contribution is -0.142. The number of carbonyl (C=O) groups is 2. The van der Waals surface area contributed by atoms with Crippen molar-refractivity contribution < 1.29 is 19.4 Å². The van der Waals surface area contributed by atoms with Crippen molar-refractivity contribution in [1.29, 1.82) is 0 Å². The van der Waals surface area contributed by atoms with Gasteiger partial charge in [0.05, 0.1) is 22.5 Å². The fraction of sp³-hybridized carbons (Fsp3) is 0.500. The van der Waals surface area contributed by atoms with Crippen molar-refractivity contribution in [2.45, 2.75) is 31.7 Å². The normalized spacial score (nSPS) is 20.2. The number of carboxylic acids is 1. The van der Waals surface area contributed by atoms with E-state index in [1.165, 1.54) is 0 Å². The van der Waals surface area contributed by atoms with Crippen LogP contribution in [0.3, 0.4) is 0 Å². The van der Waals surface area contributed by atoms with Crippen LogP contribution in [-0.4, -0.2) is 36.3 Å². The van der Waals surface area contributed by atoms with Crippen molar-refractivity contribution in [3.63, 3.8) is 0 Å². The lowest BCUT2D eigenvalue weighted by Crippen LogP contribution is -2.45. The van der Waals surface area contributed by atoms with Crippen LogP contribution < -0.4 is 15.4 Å². The number of hydrogen-bond donors (Lipinski definition) is 3. The number of amides is 2. The second-order valence-electron chi connectivity index (χ2n) is 5.71. The molecule has 0 aliphatic heterocycles. The van der Waals surface area contributed by atoms with Crippen molar-refractivity contribution in [3.8, 4) is 5.75 Å². The number of carboxylic acid groups (broad SMARTS) is 1. The van der Waals surface area contributed by atoms with Crippen molar-refractivity contribution in [2.75, 3.05) is 13.2 Å². The Bertz CT molecular complexity index is 589. The van der Waals surface area contributed by atoms with E-state index in [1.54, 1.807) is 18.2 Å². The molecular weight excluding hydrogens is 355 g/mol. The summed E-state index contributed by atoms with van der Waals surface area (Å²) in [5.41, 5.74) is 0. The number of ether oxygens (including phenoxy) is 1. The van der Waals surface area contributed by atoms with Crippen molar-refractivity contribution in [1.82, 2.24) is 10.6 Å². The van der Waals surface area contributed by atoms with Crippen molar-refractivity contribution in [2.24, 2.45) is 5.92 Å². The second kappa shape index (κ2) is 8.99. The maximum Gasteiger partial charge on any atom is 0.315 e. The average Bonchev–Trinajstić information content (AvgIpc) is 2.55. The van der Waals surface area contributed by atoms with E-state index in [0.717, 1.165) is 0 Å². The lowest BCUT2D eigenvalue weighted by atomic mass is 9.86. The topological polar surface area (TPSA) is 87.7 Å². The molecule has 1 aromatic carbocycles. The molecule has 0 unspecified atom stereocenters. The molecule has 0 spiro atoms. The van der Waals surface area contributed by atoms with E-state index in [9.17, 15) is 9.59 Å². The van der Waals surface area contributed by atoms with E-state index in [0.29, 0.717) is 54.6 Å². The molecule has 1 aromatic rings. The fourth-order valence-electron chi connectivity index (χ4n) is 2.62. The Morgan fingerprint density at radius 1 is 1.17 bits per heavy atom. The number of benzene rings is 1. The van der Waals surface area contributed by atoms with Gasteiger partial charge in [0.25, 0.3) is 0 Å². The van der Waals surface area contributed by atoms with Gasteiger partial charge in [-0.3, -0.25) is 4.79 Å². The molecule has 0 atom stereocenters. The highest BCUT2D eigenvalue weighted by Crippen LogP contribution is 2.26. The van der Waals surface area contributed by atoms with Crippen LogP contribution in [0.15, 0.2) is 18.2 Å². The highest BCUT2D eigenvalue weighted by molar-refractivity contribution is 6.42. The molecule has 0 heterocycles. The molecule has 2 rings (SSSR count). The predicted octanol–water partition coefficient (Wildman–Crippen LogP) is 3.31. The molecule has 1 saturated carbocycles. The third-order valence-electron chi connectivity index (χ3n) is 3.96. The molecule has 2 amide bonds. The quantitative estimate of drug-likeness (QED) is 0.666. The van der Waals surface area contributed by atoms with E-state index in [2.05, 4.69) is 10.6 Å². The minimum absolute atomic E-state index is 0.0246. The SMILES string of the molecule is O=C(NCCOc1ccc(Cl)c(Cl)c1)NC1CCC(C(=O)O)CC1. The molecular formula is C16H20Cl2N2O4. The van der Waals surface area contributed by atoms with Crippen LogP contribution in [0.4, 0.5) is 4.79 Å². The summed E-state index contributed by atoms with van der Waals surface area (Å²) in [5, 5.41) is 15.4. The van der Waals surface area contributed by atoms with Crippen LogP contribution >= 0.6 is 23.2 Å². The van der Waals surface area contributed by atoms with Crippen LogP contribution in [0.5, 0.6) is 5.75 Å². The Labute approximate surface area is 150 Å². The Balaban J connectivity index is 1.61. The van der Waals surface area contributed by atoms with Crippen molar-refractivity contribution in [3.05, 3.63) is 28.2 Å². The van der Waals surface area contributed by atoms with Gasteiger partial charge < -0.3 is 20.5 Å². The first-order chi connectivity index (χ1) is 11.5. The Morgan fingerprint density at radius 3 is 2.50 bits per heavy atom. The zero-order valence-corrected chi connectivity index (χ0v) is 14.6. The zero-order valence-electron chi connectivity index (χ0n) is 13.1. The summed E-state index contributed by atoms with van der Waals surface area (Å²) < 4.78 is 5.47. The largest absolute Gasteiger partial charge is 0.492 e. The number of hydrogen-bond acceptors (Lipinski definition) is 3. The molecule has 0 saturated heterocycles. The fourth-order valence-corrected chi connectivity index (χ4v) is 2.91. The highest BCUT2D eigenvalue weighted by Gasteiger charge is 2.26. The lowest BCUT2D eigenvalue weighted by Gasteiger charge is -2.26. The van der Waals surface area contributed by atoms with Crippen LogP contribution in [0.1, 0.15) is 25.7 Å². The second-order valence-corrected chi connectivity index (χ2v) is 6.53. The van der Waals surface area contributed by atoms with E-state index in [-0.39, 0.29) is 18.0 Å². The van der Waals surface area contributed by atoms with E-state index < -0.39 is 5.97 Å². The number of rotatable bonds is 6. The first-order valence-electron chi connectivity index (χ1n) is 7.80. The molecule has 0 bridgehead atoms. The zero-order chi connectivity index (χ0) is 17.5. The molecule has 6 nitrogen and oxygen atoms in total. The van der Waals surface area contributed by atoms with E-state index >= 15 is 0 Å². The molecule has 1 fully saturated rings. The van der Waals surface area contributed by atoms with Crippen LogP contribution in [0, 0.1) is 5.92 Å². The van der Waals surface area contributed by atoms with Gasteiger partial charge in [0, 0.05) is 12.1 Å². The third kappa shape index (κ3) is 5.76. The van der Waals surface area contributed by atoms with Gasteiger partial charge in [-0.15, -0.1) is 0 Å².